The number of hydrogen-bond donors (Lipinski definition) is 0. The largest absolute Gasteiger partial charge is 0.460 e. The van der Waals surface area contributed by atoms with Gasteiger partial charge in [-0.3, -0.25) is 4.79 Å². The third-order valence-corrected chi connectivity index (χ3v) is 2.88. The van der Waals surface area contributed by atoms with Crippen LogP contribution >= 0.6 is 15.9 Å². The molecule has 0 saturated carbocycles. The molecule has 1 rings (SSSR count). The normalized spacial score (nSPS) is 11.8. The third kappa shape index (κ3) is 5.50. The van der Waals surface area contributed by atoms with Gasteiger partial charge in [0, 0.05) is 4.47 Å². The number of carbonyl (C=O) groups is 1. The van der Waals surface area contributed by atoms with Gasteiger partial charge in [-0.25, -0.2) is 0 Å². The quantitative estimate of drug-likeness (QED) is 0.768. The predicted molar refractivity (Wildman–Crippen MR) is 78.4 cm³/mol. The van der Waals surface area contributed by atoms with Gasteiger partial charge >= 0.3 is 5.97 Å². The molecule has 1 aromatic rings. The Morgan fingerprint density at radius 1 is 1.39 bits per heavy atom. The molecule has 2 nitrogen and oxygen atoms in total. The SMILES string of the molecule is Cc1ccc(Br)c(C=CCC(=O)OC(C)(C)C)c1. The number of halogens is 1. The molecule has 0 aliphatic heterocycles. The Morgan fingerprint density at radius 3 is 2.67 bits per heavy atom. The second-order valence-corrected chi connectivity index (χ2v) is 6.07. The van der Waals surface area contributed by atoms with E-state index in [0.29, 0.717) is 0 Å². The maximum absolute atomic E-state index is 11.5. The van der Waals surface area contributed by atoms with Crippen molar-refractivity contribution in [1.29, 1.82) is 0 Å². The van der Waals surface area contributed by atoms with Crippen molar-refractivity contribution in [3.63, 3.8) is 0 Å². The predicted octanol–water partition coefficient (Wildman–Crippen LogP) is 4.50. The summed E-state index contributed by atoms with van der Waals surface area (Å²) in [6.07, 6.45) is 4.05. The van der Waals surface area contributed by atoms with Crippen molar-refractivity contribution in [3.05, 3.63) is 39.9 Å². The summed E-state index contributed by atoms with van der Waals surface area (Å²) < 4.78 is 6.25. The van der Waals surface area contributed by atoms with Crippen LogP contribution in [0.2, 0.25) is 0 Å². The molecule has 0 amide bonds. The van der Waals surface area contributed by atoms with Crippen LogP contribution in [0.4, 0.5) is 0 Å². The van der Waals surface area contributed by atoms with Gasteiger partial charge in [0.25, 0.3) is 0 Å². The van der Waals surface area contributed by atoms with Crippen molar-refractivity contribution in [2.75, 3.05) is 0 Å². The van der Waals surface area contributed by atoms with E-state index in [1.54, 1.807) is 0 Å². The van der Waals surface area contributed by atoms with Gasteiger partial charge in [0.15, 0.2) is 0 Å². The Morgan fingerprint density at radius 2 is 2.06 bits per heavy atom. The zero-order chi connectivity index (χ0) is 13.8. The van der Waals surface area contributed by atoms with E-state index < -0.39 is 5.60 Å². The molecule has 0 aliphatic rings. The van der Waals surface area contributed by atoms with Crippen molar-refractivity contribution in [2.24, 2.45) is 0 Å². The molecule has 0 radical (unpaired) electrons. The second kappa shape index (κ2) is 6.19. The highest BCUT2D eigenvalue weighted by atomic mass is 79.9. The van der Waals surface area contributed by atoms with Gasteiger partial charge in [-0.2, -0.15) is 0 Å². The Bertz CT molecular complexity index is 456. The van der Waals surface area contributed by atoms with Crippen LogP contribution in [0.3, 0.4) is 0 Å². The first-order chi connectivity index (χ1) is 8.28. The topological polar surface area (TPSA) is 26.3 Å². The maximum Gasteiger partial charge on any atom is 0.310 e. The van der Waals surface area contributed by atoms with Crippen molar-refractivity contribution in [3.8, 4) is 0 Å². The van der Waals surface area contributed by atoms with Gasteiger partial charge in [-0.05, 0) is 39.3 Å². The van der Waals surface area contributed by atoms with Gasteiger partial charge in [0.1, 0.15) is 5.60 Å². The average molecular weight is 311 g/mol. The highest BCUT2D eigenvalue weighted by Gasteiger charge is 2.14. The third-order valence-electron chi connectivity index (χ3n) is 2.15. The Kier molecular flexibility index (Phi) is 5.15. The first-order valence-electron chi connectivity index (χ1n) is 5.92. The summed E-state index contributed by atoms with van der Waals surface area (Å²) in [5.74, 6) is -0.206. The lowest BCUT2D eigenvalue weighted by Crippen LogP contribution is -2.23. The summed E-state index contributed by atoms with van der Waals surface area (Å²) >= 11 is 3.48. The van der Waals surface area contributed by atoms with E-state index in [0.717, 1.165) is 10.0 Å². The lowest BCUT2D eigenvalue weighted by molar-refractivity contribution is -0.153. The highest BCUT2D eigenvalue weighted by molar-refractivity contribution is 9.10. The van der Waals surface area contributed by atoms with E-state index in [2.05, 4.69) is 22.0 Å². The summed E-state index contributed by atoms with van der Waals surface area (Å²) in [5, 5.41) is 0. The molecule has 1 aromatic carbocycles. The minimum Gasteiger partial charge on any atom is -0.460 e. The van der Waals surface area contributed by atoms with E-state index in [-0.39, 0.29) is 12.4 Å². The summed E-state index contributed by atoms with van der Waals surface area (Å²) in [4.78, 5) is 11.5. The summed E-state index contributed by atoms with van der Waals surface area (Å²) in [6.45, 7) is 7.64. The number of rotatable bonds is 3. The number of hydrogen-bond acceptors (Lipinski definition) is 2. The molecule has 0 atom stereocenters. The van der Waals surface area contributed by atoms with Crippen LogP contribution < -0.4 is 0 Å². The average Bonchev–Trinajstić information content (AvgIpc) is 2.20. The lowest BCUT2D eigenvalue weighted by atomic mass is 10.1. The van der Waals surface area contributed by atoms with Crippen LogP contribution in [0.15, 0.2) is 28.7 Å². The maximum atomic E-state index is 11.5. The minimum absolute atomic E-state index is 0.206. The van der Waals surface area contributed by atoms with Gasteiger partial charge in [-0.15, -0.1) is 0 Å². The molecule has 0 saturated heterocycles. The minimum atomic E-state index is -0.422. The molecule has 0 fully saturated rings. The smallest absolute Gasteiger partial charge is 0.310 e. The van der Waals surface area contributed by atoms with Gasteiger partial charge in [-0.1, -0.05) is 45.8 Å². The molecule has 0 heterocycles. The molecular weight excluding hydrogens is 292 g/mol. The van der Waals surface area contributed by atoms with Crippen molar-refractivity contribution >= 4 is 28.0 Å². The van der Waals surface area contributed by atoms with Crippen LogP contribution in [0, 0.1) is 6.92 Å². The van der Waals surface area contributed by atoms with Crippen LogP contribution in [0.1, 0.15) is 38.3 Å². The molecule has 18 heavy (non-hydrogen) atoms. The van der Waals surface area contributed by atoms with E-state index in [1.165, 1.54) is 5.56 Å². The lowest BCUT2D eigenvalue weighted by Gasteiger charge is -2.18. The molecule has 0 spiro atoms. The number of aryl methyl sites for hydroxylation is 1. The van der Waals surface area contributed by atoms with Crippen molar-refractivity contribution in [1.82, 2.24) is 0 Å². The Labute approximate surface area is 117 Å². The molecule has 0 aromatic heterocycles. The van der Waals surface area contributed by atoms with E-state index >= 15 is 0 Å². The van der Waals surface area contributed by atoms with E-state index in [1.807, 2.05) is 52.0 Å². The van der Waals surface area contributed by atoms with Crippen LogP contribution in [-0.4, -0.2) is 11.6 Å². The highest BCUT2D eigenvalue weighted by Crippen LogP contribution is 2.19. The van der Waals surface area contributed by atoms with Gasteiger partial charge in [0.2, 0.25) is 0 Å². The first kappa shape index (κ1) is 15.0. The summed E-state index contributed by atoms with van der Waals surface area (Å²) in [5.41, 5.74) is 1.84. The molecule has 3 heteroatoms. The van der Waals surface area contributed by atoms with E-state index in [9.17, 15) is 4.79 Å². The molecule has 0 aliphatic carbocycles. The Hall–Kier alpha value is -1.09. The molecule has 0 unspecified atom stereocenters. The fourth-order valence-electron chi connectivity index (χ4n) is 1.46. The number of carbonyl (C=O) groups excluding carboxylic acids is 1. The van der Waals surface area contributed by atoms with Crippen LogP contribution in [-0.2, 0) is 9.53 Å². The second-order valence-electron chi connectivity index (χ2n) is 5.22. The number of ether oxygens (including phenoxy) is 1. The molecule has 0 N–H and O–H groups in total. The molecular formula is C15H19BrO2. The van der Waals surface area contributed by atoms with Crippen LogP contribution in [0.25, 0.3) is 6.08 Å². The fraction of sp³-hybridized carbons (Fsp3) is 0.400. The number of benzene rings is 1. The summed E-state index contributed by atoms with van der Waals surface area (Å²) in [7, 11) is 0. The fourth-order valence-corrected chi connectivity index (χ4v) is 1.83. The van der Waals surface area contributed by atoms with Crippen molar-refractivity contribution < 1.29 is 9.53 Å². The first-order valence-corrected chi connectivity index (χ1v) is 6.72. The molecule has 0 bridgehead atoms. The summed E-state index contributed by atoms with van der Waals surface area (Å²) in [6, 6.07) is 6.10. The van der Waals surface area contributed by atoms with E-state index in [4.69, 9.17) is 4.74 Å². The monoisotopic (exact) mass is 310 g/mol. The standard InChI is InChI=1S/C15H19BrO2/c1-11-8-9-13(16)12(10-11)6-5-7-14(17)18-15(2,3)4/h5-6,8-10H,7H2,1-4H3. The van der Waals surface area contributed by atoms with Gasteiger partial charge in [0.05, 0.1) is 6.42 Å². The van der Waals surface area contributed by atoms with Gasteiger partial charge < -0.3 is 4.74 Å². The van der Waals surface area contributed by atoms with Crippen LogP contribution in [0.5, 0.6) is 0 Å². The molecule has 98 valence electrons. The van der Waals surface area contributed by atoms with Crippen molar-refractivity contribution in [2.45, 2.75) is 39.7 Å². The zero-order valence-electron chi connectivity index (χ0n) is 11.3. The Balaban J connectivity index is 2.60. The zero-order valence-corrected chi connectivity index (χ0v) is 12.9. The number of esters is 1.